The zero-order chi connectivity index (χ0) is 16.2. The second kappa shape index (κ2) is 7.19. The highest BCUT2D eigenvalue weighted by Crippen LogP contribution is 2.27. The van der Waals surface area contributed by atoms with E-state index in [9.17, 15) is 13.2 Å². The minimum atomic E-state index is -3.80. The SMILES string of the molecule is C=CCN(Cc1cccs1)S(=O)(=O)c1ccsc1C(=O)OC. The smallest absolute Gasteiger partial charge is 0.349 e. The van der Waals surface area contributed by atoms with E-state index < -0.39 is 16.0 Å². The Hall–Kier alpha value is -1.48. The van der Waals surface area contributed by atoms with Crippen LogP contribution in [-0.2, 0) is 21.3 Å². The molecule has 8 heteroatoms. The van der Waals surface area contributed by atoms with Crippen LogP contribution in [0.4, 0.5) is 0 Å². The highest BCUT2D eigenvalue weighted by atomic mass is 32.2. The monoisotopic (exact) mass is 357 g/mol. The maximum absolute atomic E-state index is 12.8. The predicted molar refractivity (Wildman–Crippen MR) is 87.8 cm³/mol. The van der Waals surface area contributed by atoms with Gasteiger partial charge in [0.05, 0.1) is 7.11 Å². The number of thiophene rings is 2. The summed E-state index contributed by atoms with van der Waals surface area (Å²) in [4.78, 5) is 12.7. The lowest BCUT2D eigenvalue weighted by Crippen LogP contribution is -2.31. The van der Waals surface area contributed by atoms with Crippen molar-refractivity contribution in [1.82, 2.24) is 4.31 Å². The van der Waals surface area contributed by atoms with Gasteiger partial charge in [0.1, 0.15) is 9.77 Å². The van der Waals surface area contributed by atoms with Crippen molar-refractivity contribution >= 4 is 38.7 Å². The fourth-order valence-corrected chi connectivity index (χ4v) is 5.35. The maximum atomic E-state index is 12.8. The highest BCUT2D eigenvalue weighted by molar-refractivity contribution is 7.89. The van der Waals surface area contributed by atoms with E-state index in [1.807, 2.05) is 17.5 Å². The van der Waals surface area contributed by atoms with Crippen LogP contribution in [0.5, 0.6) is 0 Å². The molecule has 0 spiro atoms. The molecule has 0 fully saturated rings. The van der Waals surface area contributed by atoms with E-state index in [0.717, 1.165) is 16.2 Å². The van der Waals surface area contributed by atoms with Gasteiger partial charge in [-0.3, -0.25) is 0 Å². The summed E-state index contributed by atoms with van der Waals surface area (Å²) in [5, 5.41) is 3.45. The van der Waals surface area contributed by atoms with Crippen molar-refractivity contribution in [2.24, 2.45) is 0 Å². The van der Waals surface area contributed by atoms with E-state index in [0.29, 0.717) is 0 Å². The molecular weight excluding hydrogens is 342 g/mol. The van der Waals surface area contributed by atoms with Crippen LogP contribution in [0.3, 0.4) is 0 Å². The Morgan fingerprint density at radius 3 is 2.73 bits per heavy atom. The third-order valence-corrected chi connectivity index (χ3v) is 6.60. The number of hydrogen-bond donors (Lipinski definition) is 0. The summed E-state index contributed by atoms with van der Waals surface area (Å²) in [7, 11) is -2.58. The molecule has 0 radical (unpaired) electrons. The van der Waals surface area contributed by atoms with Crippen LogP contribution >= 0.6 is 22.7 Å². The van der Waals surface area contributed by atoms with Crippen LogP contribution in [0.1, 0.15) is 14.5 Å². The molecule has 2 heterocycles. The summed E-state index contributed by atoms with van der Waals surface area (Å²) in [5.41, 5.74) is 0. The Morgan fingerprint density at radius 2 is 2.14 bits per heavy atom. The second-order valence-corrected chi connectivity index (χ2v) is 8.13. The Balaban J connectivity index is 2.39. The number of methoxy groups -OCH3 is 1. The number of hydrogen-bond acceptors (Lipinski definition) is 6. The van der Waals surface area contributed by atoms with Gasteiger partial charge in [-0.05, 0) is 22.9 Å². The zero-order valence-corrected chi connectivity index (χ0v) is 14.3. The second-order valence-electron chi connectivity index (χ2n) is 4.27. The molecule has 0 aliphatic rings. The van der Waals surface area contributed by atoms with Gasteiger partial charge < -0.3 is 4.74 Å². The Bertz CT molecular complexity index is 747. The van der Waals surface area contributed by atoms with E-state index in [4.69, 9.17) is 0 Å². The van der Waals surface area contributed by atoms with Gasteiger partial charge >= 0.3 is 5.97 Å². The van der Waals surface area contributed by atoms with Crippen molar-refractivity contribution in [2.75, 3.05) is 13.7 Å². The van der Waals surface area contributed by atoms with Crippen LogP contribution in [0.25, 0.3) is 0 Å². The summed E-state index contributed by atoms with van der Waals surface area (Å²) >= 11 is 2.53. The minimum absolute atomic E-state index is 0.0252. The quantitative estimate of drug-likeness (QED) is 0.564. The lowest BCUT2D eigenvalue weighted by molar-refractivity contribution is 0.0602. The Labute approximate surface area is 137 Å². The normalized spacial score (nSPS) is 11.5. The third kappa shape index (κ3) is 3.46. The van der Waals surface area contributed by atoms with Gasteiger partial charge in [0.2, 0.25) is 10.0 Å². The first-order chi connectivity index (χ1) is 10.5. The molecule has 0 N–H and O–H groups in total. The van der Waals surface area contributed by atoms with E-state index in [2.05, 4.69) is 11.3 Å². The summed E-state index contributed by atoms with van der Waals surface area (Å²) in [5.74, 6) is -0.650. The molecule has 0 bridgehead atoms. The van der Waals surface area contributed by atoms with E-state index >= 15 is 0 Å². The summed E-state index contributed by atoms with van der Waals surface area (Å²) in [6.07, 6.45) is 1.52. The molecule has 0 aliphatic carbocycles. The maximum Gasteiger partial charge on any atom is 0.349 e. The molecule has 0 aliphatic heterocycles. The fourth-order valence-electron chi connectivity index (χ4n) is 1.85. The van der Waals surface area contributed by atoms with Crippen LogP contribution < -0.4 is 0 Å². The average molecular weight is 357 g/mol. The zero-order valence-electron chi connectivity index (χ0n) is 11.9. The number of sulfonamides is 1. The fraction of sp³-hybridized carbons (Fsp3) is 0.214. The molecule has 0 atom stereocenters. The van der Waals surface area contributed by atoms with Crippen molar-refractivity contribution < 1.29 is 17.9 Å². The lowest BCUT2D eigenvalue weighted by Gasteiger charge is -2.20. The standard InChI is InChI=1S/C14H15NO4S3/c1-3-7-15(10-11-5-4-8-20-11)22(17,18)12-6-9-21-13(12)14(16)19-2/h3-6,8-9H,1,7,10H2,2H3. The van der Waals surface area contributed by atoms with Crippen molar-refractivity contribution in [3.05, 3.63) is 51.4 Å². The van der Waals surface area contributed by atoms with Crippen molar-refractivity contribution in [2.45, 2.75) is 11.4 Å². The van der Waals surface area contributed by atoms with Gasteiger partial charge in [-0.15, -0.1) is 29.3 Å². The molecule has 0 unspecified atom stereocenters. The first kappa shape index (κ1) is 16.9. The van der Waals surface area contributed by atoms with Gasteiger partial charge in [0.15, 0.2) is 0 Å². The predicted octanol–water partition coefficient (Wildman–Crippen LogP) is 2.97. The van der Waals surface area contributed by atoms with Gasteiger partial charge in [-0.25, -0.2) is 13.2 Å². The van der Waals surface area contributed by atoms with Crippen molar-refractivity contribution in [3.8, 4) is 0 Å². The first-order valence-corrected chi connectivity index (χ1v) is 9.50. The van der Waals surface area contributed by atoms with Gasteiger partial charge in [-0.1, -0.05) is 12.1 Å². The molecule has 0 aromatic carbocycles. The Morgan fingerprint density at radius 1 is 1.36 bits per heavy atom. The summed E-state index contributed by atoms with van der Waals surface area (Å²) in [6.45, 7) is 4.01. The lowest BCUT2D eigenvalue weighted by atomic mass is 10.4. The van der Waals surface area contributed by atoms with E-state index in [1.54, 1.807) is 5.38 Å². The van der Waals surface area contributed by atoms with Crippen LogP contribution in [0.15, 0.2) is 46.5 Å². The van der Waals surface area contributed by atoms with Crippen LogP contribution in [0.2, 0.25) is 0 Å². The van der Waals surface area contributed by atoms with E-state index in [1.165, 1.54) is 34.9 Å². The van der Waals surface area contributed by atoms with E-state index in [-0.39, 0.29) is 22.9 Å². The molecule has 5 nitrogen and oxygen atoms in total. The molecule has 0 amide bonds. The topological polar surface area (TPSA) is 63.7 Å². The third-order valence-electron chi connectivity index (χ3n) is 2.86. The summed E-state index contributed by atoms with van der Waals surface area (Å²) < 4.78 is 31.6. The molecule has 118 valence electrons. The molecule has 0 saturated heterocycles. The van der Waals surface area contributed by atoms with Gasteiger partial charge in [0.25, 0.3) is 0 Å². The molecule has 2 rings (SSSR count). The molecule has 2 aromatic rings. The number of rotatable bonds is 7. The summed E-state index contributed by atoms with van der Waals surface area (Å²) in [6, 6.07) is 5.16. The van der Waals surface area contributed by atoms with Crippen molar-refractivity contribution in [1.29, 1.82) is 0 Å². The molecule has 2 aromatic heterocycles. The number of esters is 1. The molecule has 22 heavy (non-hydrogen) atoms. The van der Waals surface area contributed by atoms with Gasteiger partial charge in [-0.2, -0.15) is 4.31 Å². The highest BCUT2D eigenvalue weighted by Gasteiger charge is 2.30. The first-order valence-electron chi connectivity index (χ1n) is 6.30. The number of nitrogens with zero attached hydrogens (tertiary/aromatic N) is 1. The Kier molecular flexibility index (Phi) is 5.52. The van der Waals surface area contributed by atoms with Crippen LogP contribution in [-0.4, -0.2) is 32.3 Å². The number of carbonyl (C=O) groups is 1. The largest absolute Gasteiger partial charge is 0.465 e. The number of ether oxygens (including phenoxy) is 1. The number of carbonyl (C=O) groups excluding carboxylic acids is 1. The van der Waals surface area contributed by atoms with Crippen LogP contribution in [0, 0.1) is 0 Å². The molecular formula is C14H15NO4S3. The van der Waals surface area contributed by atoms with Gasteiger partial charge in [0, 0.05) is 18.0 Å². The average Bonchev–Trinajstić information content (AvgIpc) is 3.17. The molecule has 0 saturated carbocycles. The minimum Gasteiger partial charge on any atom is -0.465 e. The van der Waals surface area contributed by atoms with Crippen molar-refractivity contribution in [3.63, 3.8) is 0 Å².